The lowest BCUT2D eigenvalue weighted by Gasteiger charge is -2.10. The van der Waals surface area contributed by atoms with Crippen molar-refractivity contribution in [3.8, 4) is 17.2 Å². The molecule has 0 bridgehead atoms. The monoisotopic (exact) mass is 315 g/mol. The van der Waals surface area contributed by atoms with Crippen LogP contribution >= 0.6 is 0 Å². The van der Waals surface area contributed by atoms with E-state index in [4.69, 9.17) is 6.57 Å². The smallest absolute Gasteiger partial charge is 0.187 e. The Bertz CT molecular complexity index is 975. The number of imidazole rings is 1. The lowest BCUT2D eigenvalue weighted by atomic mass is 10.0. The van der Waals surface area contributed by atoms with Crippen LogP contribution in [0.15, 0.2) is 36.7 Å². The zero-order valence-electron chi connectivity index (χ0n) is 13.9. The summed E-state index contributed by atoms with van der Waals surface area (Å²) in [5, 5.41) is 9.65. The van der Waals surface area contributed by atoms with Crippen molar-refractivity contribution in [2.24, 2.45) is 7.05 Å². The Morgan fingerprint density at radius 3 is 2.46 bits per heavy atom. The van der Waals surface area contributed by atoms with Gasteiger partial charge < -0.3 is 9.13 Å². The molecule has 0 aliphatic carbocycles. The predicted octanol–water partition coefficient (Wildman–Crippen LogP) is 3.98. The van der Waals surface area contributed by atoms with E-state index < -0.39 is 0 Å². The minimum Gasteiger partial charge on any atom is -0.340 e. The molecule has 2 aromatic heterocycles. The third kappa shape index (κ3) is 2.47. The minimum atomic E-state index is 0.596. The van der Waals surface area contributed by atoms with E-state index in [0.717, 1.165) is 28.3 Å². The molecule has 0 spiro atoms. The van der Waals surface area contributed by atoms with Crippen molar-refractivity contribution in [2.75, 3.05) is 0 Å². The molecule has 0 atom stereocenters. The third-order valence-electron chi connectivity index (χ3n) is 4.40. The summed E-state index contributed by atoms with van der Waals surface area (Å²) >= 11 is 0. The Labute approximate surface area is 141 Å². The zero-order valence-corrected chi connectivity index (χ0v) is 13.9. The summed E-state index contributed by atoms with van der Waals surface area (Å²) in [4.78, 5) is 7.80. The van der Waals surface area contributed by atoms with Crippen molar-refractivity contribution in [2.45, 2.75) is 20.4 Å². The van der Waals surface area contributed by atoms with Gasteiger partial charge >= 0.3 is 0 Å². The van der Waals surface area contributed by atoms with Gasteiger partial charge in [0.05, 0.1) is 18.7 Å². The Balaban J connectivity index is 2.13. The quantitative estimate of drug-likeness (QED) is 0.687. The first kappa shape index (κ1) is 15.6. The zero-order chi connectivity index (χ0) is 17.3. The van der Waals surface area contributed by atoms with Gasteiger partial charge in [0.1, 0.15) is 11.9 Å². The lowest BCUT2D eigenvalue weighted by Crippen LogP contribution is -2.08. The van der Waals surface area contributed by atoms with Gasteiger partial charge in [-0.1, -0.05) is 24.3 Å². The third-order valence-corrected chi connectivity index (χ3v) is 4.40. The number of hydrogen-bond acceptors (Lipinski definition) is 2. The van der Waals surface area contributed by atoms with Crippen molar-refractivity contribution >= 4 is 5.69 Å². The molecule has 0 saturated heterocycles. The fraction of sp³-hybridized carbons (Fsp3) is 0.211. The molecule has 2 heterocycles. The Morgan fingerprint density at radius 1 is 1.21 bits per heavy atom. The van der Waals surface area contributed by atoms with Crippen LogP contribution in [0.5, 0.6) is 0 Å². The highest BCUT2D eigenvalue weighted by Gasteiger charge is 2.19. The second kappa shape index (κ2) is 6.06. The summed E-state index contributed by atoms with van der Waals surface area (Å²) in [7, 11) is 1.96. The average molecular weight is 315 g/mol. The van der Waals surface area contributed by atoms with Crippen LogP contribution in [0.2, 0.25) is 0 Å². The summed E-state index contributed by atoms with van der Waals surface area (Å²) < 4.78 is 4.11. The second-order valence-electron chi connectivity index (χ2n) is 5.73. The molecule has 3 aromatic rings. The number of benzene rings is 1. The first-order valence-electron chi connectivity index (χ1n) is 7.60. The highest BCUT2D eigenvalue weighted by Crippen LogP contribution is 2.33. The summed E-state index contributed by atoms with van der Waals surface area (Å²) in [6.45, 7) is 11.7. The van der Waals surface area contributed by atoms with Gasteiger partial charge in [-0.2, -0.15) is 5.26 Å². The van der Waals surface area contributed by atoms with Gasteiger partial charge in [0.25, 0.3) is 0 Å². The number of nitrogens with zero attached hydrogens (tertiary/aromatic N) is 5. The van der Waals surface area contributed by atoms with Crippen LogP contribution in [0.4, 0.5) is 5.69 Å². The van der Waals surface area contributed by atoms with Crippen molar-refractivity contribution in [3.05, 3.63) is 70.9 Å². The highest BCUT2D eigenvalue weighted by atomic mass is 15.1. The molecule has 0 aliphatic rings. The van der Waals surface area contributed by atoms with Crippen molar-refractivity contribution in [3.63, 3.8) is 0 Å². The first-order chi connectivity index (χ1) is 11.6. The van der Waals surface area contributed by atoms with E-state index in [1.165, 1.54) is 0 Å². The van der Waals surface area contributed by atoms with E-state index in [1.54, 1.807) is 18.3 Å². The fourth-order valence-electron chi connectivity index (χ4n) is 3.00. The van der Waals surface area contributed by atoms with Crippen LogP contribution < -0.4 is 0 Å². The number of aromatic nitrogens is 3. The Kier molecular flexibility index (Phi) is 3.93. The van der Waals surface area contributed by atoms with Crippen LogP contribution in [0.3, 0.4) is 0 Å². The van der Waals surface area contributed by atoms with E-state index in [2.05, 4.69) is 20.5 Å². The van der Waals surface area contributed by atoms with E-state index in [-0.39, 0.29) is 0 Å². The van der Waals surface area contributed by atoms with Gasteiger partial charge in [-0.25, -0.2) is 9.83 Å². The predicted molar refractivity (Wildman–Crippen MR) is 92.6 cm³/mol. The van der Waals surface area contributed by atoms with Crippen LogP contribution in [0, 0.1) is 31.8 Å². The SMILES string of the molecule is [C-]#[N+]c1ccc(-c2c(C#N)c(C)n(Cc3nccn3C)c2C)cc1. The van der Waals surface area contributed by atoms with Gasteiger partial charge in [-0.3, -0.25) is 0 Å². The van der Waals surface area contributed by atoms with Crippen LogP contribution in [0.1, 0.15) is 22.8 Å². The molecule has 0 N–H and O–H groups in total. The summed E-state index contributed by atoms with van der Waals surface area (Å²) in [6.07, 6.45) is 3.69. The second-order valence-corrected chi connectivity index (χ2v) is 5.73. The molecule has 0 fully saturated rings. The number of nitriles is 1. The number of hydrogen-bond donors (Lipinski definition) is 0. The van der Waals surface area contributed by atoms with Gasteiger partial charge in [0.2, 0.25) is 0 Å². The fourth-order valence-corrected chi connectivity index (χ4v) is 3.00. The van der Waals surface area contributed by atoms with Gasteiger partial charge in [0, 0.05) is 36.4 Å². The molecule has 0 saturated carbocycles. The largest absolute Gasteiger partial charge is 0.340 e. The van der Waals surface area contributed by atoms with Gasteiger partial charge in [-0.05, 0) is 19.4 Å². The maximum Gasteiger partial charge on any atom is 0.187 e. The minimum absolute atomic E-state index is 0.596. The number of aryl methyl sites for hydroxylation is 1. The summed E-state index contributed by atoms with van der Waals surface area (Å²) in [5.41, 5.74) is 5.13. The van der Waals surface area contributed by atoms with Crippen LogP contribution in [-0.2, 0) is 13.6 Å². The molecule has 5 nitrogen and oxygen atoms in total. The molecular weight excluding hydrogens is 298 g/mol. The first-order valence-corrected chi connectivity index (χ1v) is 7.60. The van der Waals surface area contributed by atoms with Crippen molar-refractivity contribution in [1.29, 1.82) is 5.26 Å². The van der Waals surface area contributed by atoms with Crippen molar-refractivity contribution in [1.82, 2.24) is 14.1 Å². The number of rotatable bonds is 3. The van der Waals surface area contributed by atoms with E-state index in [1.807, 2.05) is 43.8 Å². The van der Waals surface area contributed by atoms with Crippen LogP contribution in [0.25, 0.3) is 16.0 Å². The molecular formula is C19H17N5. The average Bonchev–Trinajstić information content (AvgIpc) is 3.10. The Morgan fingerprint density at radius 2 is 1.92 bits per heavy atom. The molecule has 0 aliphatic heterocycles. The molecule has 0 radical (unpaired) electrons. The molecule has 1 aromatic carbocycles. The molecule has 5 heteroatoms. The maximum absolute atomic E-state index is 9.65. The molecule has 118 valence electrons. The summed E-state index contributed by atoms with van der Waals surface area (Å²) in [6, 6.07) is 9.72. The van der Waals surface area contributed by atoms with Crippen molar-refractivity contribution < 1.29 is 0 Å². The molecule has 0 amide bonds. The van der Waals surface area contributed by atoms with Crippen LogP contribution in [-0.4, -0.2) is 14.1 Å². The van der Waals surface area contributed by atoms with E-state index in [9.17, 15) is 5.26 Å². The summed E-state index contributed by atoms with van der Waals surface area (Å²) in [5.74, 6) is 0.940. The van der Waals surface area contributed by atoms with Gasteiger partial charge in [0.15, 0.2) is 5.69 Å². The topological polar surface area (TPSA) is 50.9 Å². The molecule has 3 rings (SSSR count). The Hall–Kier alpha value is -3.31. The highest BCUT2D eigenvalue weighted by molar-refractivity contribution is 5.76. The maximum atomic E-state index is 9.65. The van der Waals surface area contributed by atoms with E-state index in [0.29, 0.717) is 17.8 Å². The molecule has 0 unspecified atom stereocenters. The lowest BCUT2D eigenvalue weighted by molar-refractivity contribution is 0.674. The molecule has 24 heavy (non-hydrogen) atoms. The normalized spacial score (nSPS) is 10.4. The van der Waals surface area contributed by atoms with Gasteiger partial charge in [-0.15, -0.1) is 0 Å². The standard InChI is InChI=1S/C19H17N5/c1-13-17(11-20)19(15-5-7-16(21-3)8-6-15)14(2)24(13)12-18-22-9-10-23(18)4/h5-10H,12H2,1-2,4H3. The van der Waals surface area contributed by atoms with E-state index >= 15 is 0 Å².